The van der Waals surface area contributed by atoms with Crippen molar-refractivity contribution in [2.24, 2.45) is 24.3 Å². The first-order chi connectivity index (χ1) is 9.93. The van der Waals surface area contributed by atoms with Crippen LogP contribution in [0, 0.1) is 17.3 Å². The second-order valence-electron chi connectivity index (χ2n) is 7.10. The van der Waals surface area contributed by atoms with Gasteiger partial charge in [-0.1, -0.05) is 20.3 Å². The van der Waals surface area contributed by atoms with E-state index in [0.29, 0.717) is 12.3 Å². The summed E-state index contributed by atoms with van der Waals surface area (Å²) in [6.07, 6.45) is 7.39. The zero-order valence-corrected chi connectivity index (χ0v) is 13.2. The molecule has 1 N–H and O–H groups in total. The zero-order valence-electron chi connectivity index (χ0n) is 13.2. The Bertz CT molecular complexity index is 586. The van der Waals surface area contributed by atoms with Gasteiger partial charge in [-0.25, -0.2) is 0 Å². The van der Waals surface area contributed by atoms with Crippen molar-refractivity contribution in [3.8, 4) is 0 Å². The molecule has 0 aliphatic heterocycles. The van der Waals surface area contributed by atoms with Crippen LogP contribution in [0.2, 0.25) is 0 Å². The van der Waals surface area contributed by atoms with Crippen molar-refractivity contribution in [2.45, 2.75) is 45.6 Å². The SMILES string of the molecule is CC1C(=O)/C(=C/c2cccn2C)C[C@@]2(C)C1CCC[C@@H]2O. The van der Waals surface area contributed by atoms with Crippen molar-refractivity contribution in [1.29, 1.82) is 0 Å². The number of aliphatic hydroxyl groups excluding tert-OH is 1. The molecule has 1 aromatic rings. The molecule has 4 atom stereocenters. The lowest BCUT2D eigenvalue weighted by atomic mass is 9.54. The summed E-state index contributed by atoms with van der Waals surface area (Å²) in [4.78, 5) is 12.7. The third-order valence-electron chi connectivity index (χ3n) is 5.81. The molecule has 0 bridgehead atoms. The number of aryl methyl sites for hydroxylation is 1. The minimum absolute atomic E-state index is 0.0187. The van der Waals surface area contributed by atoms with E-state index in [1.807, 2.05) is 42.9 Å². The van der Waals surface area contributed by atoms with E-state index in [1.165, 1.54) is 0 Å². The van der Waals surface area contributed by atoms with E-state index < -0.39 is 0 Å². The van der Waals surface area contributed by atoms with Crippen LogP contribution < -0.4 is 0 Å². The van der Waals surface area contributed by atoms with Crippen LogP contribution in [0.4, 0.5) is 0 Å². The molecule has 2 unspecified atom stereocenters. The lowest BCUT2D eigenvalue weighted by molar-refractivity contribution is -0.133. The van der Waals surface area contributed by atoms with Gasteiger partial charge in [-0.2, -0.15) is 0 Å². The Morgan fingerprint density at radius 1 is 1.43 bits per heavy atom. The fourth-order valence-electron chi connectivity index (χ4n) is 4.41. The maximum Gasteiger partial charge on any atom is 0.162 e. The topological polar surface area (TPSA) is 42.2 Å². The van der Waals surface area contributed by atoms with Gasteiger partial charge in [-0.15, -0.1) is 0 Å². The summed E-state index contributed by atoms with van der Waals surface area (Å²) >= 11 is 0. The molecule has 0 radical (unpaired) electrons. The number of ketones is 1. The van der Waals surface area contributed by atoms with Gasteiger partial charge in [0.1, 0.15) is 0 Å². The van der Waals surface area contributed by atoms with E-state index in [0.717, 1.165) is 30.5 Å². The lowest BCUT2D eigenvalue weighted by Gasteiger charge is -2.51. The molecule has 0 amide bonds. The Balaban J connectivity index is 1.98. The molecule has 114 valence electrons. The number of rotatable bonds is 1. The number of hydrogen-bond acceptors (Lipinski definition) is 2. The number of aromatic nitrogens is 1. The predicted octanol–water partition coefficient (Wildman–Crippen LogP) is 3.18. The van der Waals surface area contributed by atoms with E-state index in [1.54, 1.807) is 0 Å². The van der Waals surface area contributed by atoms with Crippen LogP contribution in [0.15, 0.2) is 23.9 Å². The van der Waals surface area contributed by atoms with Crippen molar-refractivity contribution in [3.63, 3.8) is 0 Å². The first kappa shape index (κ1) is 14.6. The molecule has 2 fully saturated rings. The second-order valence-corrected chi connectivity index (χ2v) is 7.10. The summed E-state index contributed by atoms with van der Waals surface area (Å²) in [5, 5.41) is 10.5. The third kappa shape index (κ3) is 2.28. The molecular formula is C18H25NO2. The maximum atomic E-state index is 12.7. The number of hydrogen-bond donors (Lipinski definition) is 1. The molecule has 2 saturated carbocycles. The van der Waals surface area contributed by atoms with Crippen molar-refractivity contribution in [2.75, 3.05) is 0 Å². The normalized spacial score (nSPS) is 38.6. The van der Waals surface area contributed by atoms with Gasteiger partial charge < -0.3 is 9.67 Å². The molecule has 1 aromatic heterocycles. The van der Waals surface area contributed by atoms with Gasteiger partial charge >= 0.3 is 0 Å². The summed E-state index contributed by atoms with van der Waals surface area (Å²) in [5.74, 6) is 0.609. The van der Waals surface area contributed by atoms with Gasteiger partial charge in [0.25, 0.3) is 0 Å². The molecule has 0 saturated heterocycles. The highest BCUT2D eigenvalue weighted by molar-refractivity contribution is 6.02. The standard InChI is InChI=1S/C18H25NO2/c1-12-15-7-4-8-16(20)18(15,2)11-13(17(12)21)10-14-6-5-9-19(14)3/h5-6,9-10,12,15-16,20H,4,7-8,11H2,1-3H3/b13-10+/t12?,15?,16-,18-/m0/s1. The van der Waals surface area contributed by atoms with Gasteiger partial charge in [0.2, 0.25) is 0 Å². The van der Waals surface area contributed by atoms with E-state index in [9.17, 15) is 9.90 Å². The van der Waals surface area contributed by atoms with E-state index in [-0.39, 0.29) is 23.2 Å². The number of carbonyl (C=O) groups excluding carboxylic acids is 1. The van der Waals surface area contributed by atoms with Crippen LogP contribution in [0.5, 0.6) is 0 Å². The summed E-state index contributed by atoms with van der Waals surface area (Å²) in [6, 6.07) is 4.01. The third-order valence-corrected chi connectivity index (χ3v) is 5.81. The molecule has 2 aliphatic carbocycles. The summed E-state index contributed by atoms with van der Waals surface area (Å²) in [6.45, 7) is 4.21. The smallest absolute Gasteiger partial charge is 0.162 e. The Hall–Kier alpha value is -1.35. The molecule has 3 heteroatoms. The quantitative estimate of drug-likeness (QED) is 0.806. The highest BCUT2D eigenvalue weighted by Crippen LogP contribution is 2.53. The fraction of sp³-hybridized carbons (Fsp3) is 0.611. The van der Waals surface area contributed by atoms with E-state index in [4.69, 9.17) is 0 Å². The van der Waals surface area contributed by atoms with Crippen LogP contribution in [0.1, 0.15) is 45.2 Å². The summed E-state index contributed by atoms with van der Waals surface area (Å²) < 4.78 is 2.02. The number of nitrogens with zero attached hydrogens (tertiary/aromatic N) is 1. The Kier molecular flexibility index (Phi) is 3.56. The van der Waals surface area contributed by atoms with Crippen LogP contribution >= 0.6 is 0 Å². The highest BCUT2D eigenvalue weighted by Gasteiger charge is 2.51. The largest absolute Gasteiger partial charge is 0.393 e. The van der Waals surface area contributed by atoms with Crippen LogP contribution in [-0.2, 0) is 11.8 Å². The van der Waals surface area contributed by atoms with Gasteiger partial charge in [-0.3, -0.25) is 4.79 Å². The molecular weight excluding hydrogens is 262 g/mol. The maximum absolute atomic E-state index is 12.7. The molecule has 21 heavy (non-hydrogen) atoms. The van der Waals surface area contributed by atoms with Gasteiger partial charge in [-0.05, 0) is 49.0 Å². The number of allylic oxidation sites excluding steroid dienone is 1. The average molecular weight is 287 g/mol. The minimum atomic E-state index is -0.288. The number of fused-ring (bicyclic) bond motifs is 1. The second kappa shape index (κ2) is 5.13. The monoisotopic (exact) mass is 287 g/mol. The highest BCUT2D eigenvalue weighted by atomic mass is 16.3. The van der Waals surface area contributed by atoms with Crippen molar-refractivity contribution in [1.82, 2.24) is 4.57 Å². The molecule has 0 spiro atoms. The van der Waals surface area contributed by atoms with Crippen molar-refractivity contribution < 1.29 is 9.90 Å². The van der Waals surface area contributed by atoms with Gasteiger partial charge in [0.15, 0.2) is 5.78 Å². The van der Waals surface area contributed by atoms with Crippen molar-refractivity contribution >= 4 is 11.9 Å². The first-order valence-corrected chi connectivity index (χ1v) is 7.97. The lowest BCUT2D eigenvalue weighted by Crippen LogP contribution is -2.51. The van der Waals surface area contributed by atoms with Gasteiger partial charge in [0.05, 0.1) is 6.10 Å². The van der Waals surface area contributed by atoms with Crippen molar-refractivity contribution in [3.05, 3.63) is 29.6 Å². The van der Waals surface area contributed by atoms with E-state index in [2.05, 4.69) is 6.92 Å². The number of Topliss-reactive ketones (excluding diaryl/α,β-unsaturated/α-hetero) is 1. The van der Waals surface area contributed by atoms with Gasteiger partial charge in [0, 0.05) is 30.3 Å². The molecule has 3 nitrogen and oxygen atoms in total. The van der Waals surface area contributed by atoms with Crippen LogP contribution in [-0.4, -0.2) is 21.6 Å². The van der Waals surface area contributed by atoms with Crippen LogP contribution in [0.25, 0.3) is 6.08 Å². The Morgan fingerprint density at radius 3 is 2.86 bits per heavy atom. The average Bonchev–Trinajstić information content (AvgIpc) is 2.84. The number of aliphatic hydroxyl groups is 1. The molecule has 3 rings (SSSR count). The Labute approximate surface area is 126 Å². The Morgan fingerprint density at radius 2 is 2.19 bits per heavy atom. The molecule has 0 aromatic carbocycles. The minimum Gasteiger partial charge on any atom is -0.393 e. The first-order valence-electron chi connectivity index (χ1n) is 7.97. The predicted molar refractivity (Wildman–Crippen MR) is 83.6 cm³/mol. The summed E-state index contributed by atoms with van der Waals surface area (Å²) in [7, 11) is 1.99. The fourth-order valence-corrected chi connectivity index (χ4v) is 4.41. The number of carbonyl (C=O) groups is 1. The molecule has 1 heterocycles. The van der Waals surface area contributed by atoms with E-state index >= 15 is 0 Å². The summed E-state index contributed by atoms with van der Waals surface area (Å²) in [5.41, 5.74) is 1.78. The molecule has 2 aliphatic rings. The van der Waals surface area contributed by atoms with Crippen LogP contribution in [0.3, 0.4) is 0 Å². The zero-order chi connectivity index (χ0) is 15.2.